The highest BCUT2D eigenvalue weighted by atomic mass is 79.9. The van der Waals surface area contributed by atoms with Crippen molar-refractivity contribution in [2.45, 2.75) is 26.4 Å². The van der Waals surface area contributed by atoms with Gasteiger partial charge in [0.2, 0.25) is 0 Å². The van der Waals surface area contributed by atoms with E-state index in [0.717, 1.165) is 4.47 Å². The molecule has 0 aromatic heterocycles. The maximum Gasteiger partial charge on any atom is 0.325 e. The Labute approximate surface area is 108 Å². The highest BCUT2D eigenvalue weighted by Gasteiger charge is 2.16. The number of rotatable bonds is 3. The highest BCUT2D eigenvalue weighted by Crippen LogP contribution is 2.19. The van der Waals surface area contributed by atoms with Crippen LogP contribution in [-0.2, 0) is 9.53 Å². The van der Waals surface area contributed by atoms with E-state index >= 15 is 0 Å². The van der Waals surface area contributed by atoms with Gasteiger partial charge in [-0.1, -0.05) is 15.9 Å². The first-order valence-corrected chi connectivity index (χ1v) is 5.98. The van der Waals surface area contributed by atoms with Crippen molar-refractivity contribution in [3.63, 3.8) is 0 Å². The van der Waals surface area contributed by atoms with Crippen molar-refractivity contribution in [1.29, 1.82) is 0 Å². The molecule has 0 saturated carbocycles. The number of ether oxygens (including phenoxy) is 1. The van der Waals surface area contributed by atoms with Crippen LogP contribution in [0.3, 0.4) is 0 Å². The highest BCUT2D eigenvalue weighted by molar-refractivity contribution is 9.10. The van der Waals surface area contributed by atoms with E-state index in [9.17, 15) is 9.18 Å². The number of carbonyl (C=O) groups excluding carboxylic acids is 1. The van der Waals surface area contributed by atoms with E-state index in [0.29, 0.717) is 0 Å². The van der Waals surface area contributed by atoms with Crippen LogP contribution < -0.4 is 5.32 Å². The average Bonchev–Trinajstić information content (AvgIpc) is 2.17. The molecule has 1 rings (SSSR count). The first-order chi connectivity index (χ1) is 7.78. The smallest absolute Gasteiger partial charge is 0.325 e. The van der Waals surface area contributed by atoms with Gasteiger partial charge in [0.15, 0.2) is 0 Å². The van der Waals surface area contributed by atoms with Crippen LogP contribution in [0.2, 0.25) is 0 Å². The average molecular weight is 304 g/mol. The number of hydrogen-bond acceptors (Lipinski definition) is 3. The van der Waals surface area contributed by atoms with Crippen molar-refractivity contribution in [2.24, 2.45) is 0 Å². The molecule has 0 spiro atoms. The first-order valence-electron chi connectivity index (χ1n) is 5.19. The fourth-order valence-electron chi connectivity index (χ4n) is 1.18. The van der Waals surface area contributed by atoms with E-state index in [4.69, 9.17) is 4.74 Å². The van der Waals surface area contributed by atoms with Crippen molar-refractivity contribution in [3.05, 3.63) is 28.5 Å². The van der Waals surface area contributed by atoms with Gasteiger partial charge in [-0.2, -0.15) is 0 Å². The third-order valence-electron chi connectivity index (χ3n) is 1.77. The van der Waals surface area contributed by atoms with E-state index in [1.807, 2.05) is 0 Å². The minimum atomic E-state index is -0.533. The van der Waals surface area contributed by atoms with Gasteiger partial charge >= 0.3 is 5.97 Å². The monoisotopic (exact) mass is 303 g/mol. The normalized spacial score (nSPS) is 11.1. The summed E-state index contributed by atoms with van der Waals surface area (Å²) in [4.78, 5) is 11.4. The number of anilines is 1. The standard InChI is InChI=1S/C12H15BrFNO2/c1-12(2,3)17-11(16)7-15-10-6-8(13)4-5-9(10)14/h4-6,15H,7H2,1-3H3. The molecule has 0 heterocycles. The molecule has 0 fully saturated rings. The summed E-state index contributed by atoms with van der Waals surface area (Å²) in [6, 6.07) is 4.48. The van der Waals surface area contributed by atoms with Crippen LogP contribution in [0.4, 0.5) is 10.1 Å². The molecule has 0 bridgehead atoms. The van der Waals surface area contributed by atoms with Crippen LogP contribution in [0, 0.1) is 5.82 Å². The Morgan fingerprint density at radius 3 is 2.71 bits per heavy atom. The Morgan fingerprint density at radius 2 is 2.12 bits per heavy atom. The quantitative estimate of drug-likeness (QED) is 0.870. The second-order valence-electron chi connectivity index (χ2n) is 4.56. The summed E-state index contributed by atoms with van der Waals surface area (Å²) in [6.45, 7) is 5.28. The third kappa shape index (κ3) is 5.17. The van der Waals surface area contributed by atoms with Gasteiger partial charge in [0.1, 0.15) is 18.0 Å². The minimum Gasteiger partial charge on any atom is -0.459 e. The molecular weight excluding hydrogens is 289 g/mol. The van der Waals surface area contributed by atoms with Crippen LogP contribution in [0.25, 0.3) is 0 Å². The van der Waals surface area contributed by atoms with Gasteiger partial charge in [-0.05, 0) is 39.0 Å². The topological polar surface area (TPSA) is 38.3 Å². The molecule has 0 radical (unpaired) electrons. The molecule has 0 aliphatic heterocycles. The van der Waals surface area contributed by atoms with Crippen molar-refractivity contribution in [1.82, 2.24) is 0 Å². The zero-order chi connectivity index (χ0) is 13.1. The lowest BCUT2D eigenvalue weighted by atomic mass is 10.2. The molecule has 0 aliphatic carbocycles. The number of benzene rings is 1. The van der Waals surface area contributed by atoms with E-state index in [1.54, 1.807) is 32.9 Å². The van der Waals surface area contributed by atoms with Crippen LogP contribution in [0.15, 0.2) is 22.7 Å². The zero-order valence-corrected chi connectivity index (χ0v) is 11.6. The maximum atomic E-state index is 13.3. The Morgan fingerprint density at radius 1 is 1.47 bits per heavy atom. The van der Waals surface area contributed by atoms with E-state index in [1.165, 1.54) is 6.07 Å². The Balaban J connectivity index is 2.56. The molecule has 0 saturated heterocycles. The lowest BCUT2D eigenvalue weighted by Gasteiger charge is -2.19. The molecule has 1 aromatic carbocycles. The molecule has 0 unspecified atom stereocenters. The minimum absolute atomic E-state index is 0.0648. The Hall–Kier alpha value is -1.10. The summed E-state index contributed by atoms with van der Waals surface area (Å²) >= 11 is 3.23. The van der Waals surface area contributed by atoms with Crippen molar-refractivity contribution in [3.8, 4) is 0 Å². The number of halogens is 2. The van der Waals surface area contributed by atoms with E-state index < -0.39 is 17.4 Å². The van der Waals surface area contributed by atoms with Crippen molar-refractivity contribution in [2.75, 3.05) is 11.9 Å². The van der Waals surface area contributed by atoms with Crippen LogP contribution >= 0.6 is 15.9 Å². The maximum absolute atomic E-state index is 13.3. The summed E-state index contributed by atoms with van der Waals surface area (Å²) in [5, 5.41) is 2.70. The molecule has 17 heavy (non-hydrogen) atoms. The van der Waals surface area contributed by atoms with Gasteiger partial charge in [0, 0.05) is 4.47 Å². The number of esters is 1. The first kappa shape index (κ1) is 14.0. The van der Waals surface area contributed by atoms with E-state index in [2.05, 4.69) is 21.2 Å². The van der Waals surface area contributed by atoms with Gasteiger partial charge in [0.05, 0.1) is 5.69 Å². The summed E-state index contributed by atoms with van der Waals surface area (Å²) in [5.74, 6) is -0.825. The van der Waals surface area contributed by atoms with Gasteiger partial charge < -0.3 is 10.1 Å². The fraction of sp³-hybridized carbons (Fsp3) is 0.417. The summed E-state index contributed by atoms with van der Waals surface area (Å²) in [5.41, 5.74) is -0.264. The lowest BCUT2D eigenvalue weighted by Crippen LogP contribution is -2.28. The molecule has 0 atom stereocenters. The molecule has 0 amide bonds. The van der Waals surface area contributed by atoms with Crippen LogP contribution in [-0.4, -0.2) is 18.1 Å². The fourth-order valence-corrected chi connectivity index (χ4v) is 1.54. The molecular formula is C12H15BrFNO2. The number of nitrogens with one attached hydrogen (secondary N) is 1. The Kier molecular flexibility index (Phi) is 4.51. The molecule has 0 aliphatic rings. The predicted octanol–water partition coefficient (Wildman–Crippen LogP) is 3.34. The lowest BCUT2D eigenvalue weighted by molar-refractivity contribution is -0.152. The molecule has 1 N–H and O–H groups in total. The third-order valence-corrected chi connectivity index (χ3v) is 2.26. The van der Waals surface area contributed by atoms with Crippen LogP contribution in [0.1, 0.15) is 20.8 Å². The molecule has 1 aromatic rings. The second kappa shape index (κ2) is 5.49. The van der Waals surface area contributed by atoms with Gasteiger partial charge in [0.25, 0.3) is 0 Å². The molecule has 94 valence electrons. The summed E-state index contributed by atoms with van der Waals surface area (Å²) in [6.07, 6.45) is 0. The zero-order valence-electron chi connectivity index (χ0n) is 10.0. The van der Waals surface area contributed by atoms with Gasteiger partial charge in [-0.3, -0.25) is 4.79 Å². The molecule has 3 nitrogen and oxygen atoms in total. The van der Waals surface area contributed by atoms with Crippen LogP contribution in [0.5, 0.6) is 0 Å². The van der Waals surface area contributed by atoms with Crippen molar-refractivity contribution < 1.29 is 13.9 Å². The van der Waals surface area contributed by atoms with Gasteiger partial charge in [-0.15, -0.1) is 0 Å². The largest absolute Gasteiger partial charge is 0.459 e. The van der Waals surface area contributed by atoms with Crippen molar-refractivity contribution >= 4 is 27.6 Å². The van der Waals surface area contributed by atoms with Gasteiger partial charge in [-0.25, -0.2) is 4.39 Å². The van der Waals surface area contributed by atoms with E-state index in [-0.39, 0.29) is 12.2 Å². The Bertz CT molecular complexity index is 415. The summed E-state index contributed by atoms with van der Waals surface area (Å²) in [7, 11) is 0. The predicted molar refractivity (Wildman–Crippen MR) is 68.4 cm³/mol. The number of hydrogen-bond donors (Lipinski definition) is 1. The number of carbonyl (C=O) groups is 1. The SMILES string of the molecule is CC(C)(C)OC(=O)CNc1cc(Br)ccc1F. The second-order valence-corrected chi connectivity index (χ2v) is 5.48. The molecule has 5 heteroatoms. The summed E-state index contributed by atoms with van der Waals surface area (Å²) < 4.78 is 19.2.